The van der Waals surface area contributed by atoms with Crippen LogP contribution in [0.25, 0.3) is 10.8 Å². The van der Waals surface area contributed by atoms with Crippen molar-refractivity contribution in [3.05, 3.63) is 252 Å². The SMILES string of the molecule is Cn1ncnc1C1C2=NCC(=O)c3cc(F)cc(c32)CNC1c1ccc(F)cc1.Cn1ncnc1CC1=NCC(=O)c2cc(F)cc(CN=Cc3ccc(F)cc3)c21.Cn1ncnc1Cc1n[nH]c(=O)c2cc(F)cc(CN)c12.O=Cc1ccc(F)cc1.[B]. The molecule has 4 N–H and O–H groups in total. The molecule has 7 heterocycles. The maximum Gasteiger partial charge on any atom is 0.272 e. The Balaban J connectivity index is 0.000000149. The zero-order valence-corrected chi connectivity index (χ0v) is 47.8. The number of hydrogen-bond donors (Lipinski definition) is 3. The maximum absolute atomic E-state index is 14.2. The average Bonchev–Trinajstić information content (AvgIpc) is 2.37. The number of rotatable bonds is 11. The Morgan fingerprint density at radius 3 is 1.78 bits per heavy atom. The summed E-state index contributed by atoms with van der Waals surface area (Å²) in [5.74, 6) is -1.21. The Morgan fingerprint density at radius 1 is 0.629 bits per heavy atom. The third kappa shape index (κ3) is 14.3. The van der Waals surface area contributed by atoms with Crippen molar-refractivity contribution in [1.82, 2.24) is 59.8 Å². The molecule has 27 heteroatoms. The van der Waals surface area contributed by atoms with Crippen molar-refractivity contribution in [2.24, 2.45) is 41.9 Å². The first kappa shape index (κ1) is 63.0. The van der Waals surface area contributed by atoms with E-state index in [-0.39, 0.29) is 81.0 Å². The molecule has 0 fully saturated rings. The summed E-state index contributed by atoms with van der Waals surface area (Å²) >= 11 is 0. The van der Waals surface area contributed by atoms with Crippen LogP contribution in [0.3, 0.4) is 0 Å². The first-order chi connectivity index (χ1) is 42.5. The minimum Gasteiger partial charge on any atom is -0.326 e. The highest BCUT2D eigenvalue weighted by Crippen LogP contribution is 2.40. The summed E-state index contributed by atoms with van der Waals surface area (Å²) in [5, 5.41) is 22.9. The van der Waals surface area contributed by atoms with Crippen LogP contribution in [-0.2, 0) is 53.6 Å². The van der Waals surface area contributed by atoms with Crippen LogP contribution >= 0.6 is 0 Å². The van der Waals surface area contributed by atoms with Gasteiger partial charge >= 0.3 is 0 Å². The number of H-pyrrole nitrogens is 1. The van der Waals surface area contributed by atoms with Crippen LogP contribution in [-0.4, -0.2) is 111 Å². The van der Waals surface area contributed by atoms with Crippen molar-refractivity contribution >= 4 is 54.7 Å². The molecule has 0 bridgehead atoms. The van der Waals surface area contributed by atoms with Crippen molar-refractivity contribution in [2.45, 2.75) is 44.4 Å². The van der Waals surface area contributed by atoms with E-state index >= 15 is 0 Å². The number of aryl methyl sites for hydroxylation is 3. The van der Waals surface area contributed by atoms with E-state index in [1.807, 2.05) is 0 Å². The van der Waals surface area contributed by atoms with E-state index in [1.165, 1.54) is 104 Å². The fourth-order valence-corrected chi connectivity index (χ4v) is 10.4. The molecule has 0 aliphatic carbocycles. The first-order valence-electron chi connectivity index (χ1n) is 27.1. The second kappa shape index (κ2) is 27.9. The van der Waals surface area contributed by atoms with Crippen LogP contribution in [0.5, 0.6) is 0 Å². The molecule has 449 valence electrons. The molecule has 10 aromatic rings. The Kier molecular flexibility index (Phi) is 19.7. The van der Waals surface area contributed by atoms with Crippen molar-refractivity contribution in [3.8, 4) is 0 Å². The topological polar surface area (TPSA) is 264 Å². The highest BCUT2D eigenvalue weighted by Gasteiger charge is 2.40. The number of Topliss-reactive ketones (excluding diaryl/α,β-unsaturated/α-hetero) is 2. The van der Waals surface area contributed by atoms with Crippen LogP contribution in [0.15, 0.2) is 148 Å². The van der Waals surface area contributed by atoms with Gasteiger partial charge in [-0.25, -0.2) is 46.4 Å². The molecule has 3 aliphatic heterocycles. The van der Waals surface area contributed by atoms with Gasteiger partial charge in [-0.15, -0.1) is 0 Å². The molecule has 0 saturated heterocycles. The van der Waals surface area contributed by atoms with Crippen molar-refractivity contribution in [2.75, 3.05) is 13.1 Å². The third-order valence-electron chi connectivity index (χ3n) is 14.6. The molecular weight excluding hydrogens is 1160 g/mol. The number of hydrogen-bond acceptors (Lipinski definition) is 16. The second-order valence-corrected chi connectivity index (χ2v) is 20.3. The van der Waals surface area contributed by atoms with Gasteiger partial charge in [0.05, 0.1) is 41.4 Å². The normalized spacial score (nSPS) is 14.8. The molecule has 3 radical (unpaired) electrons. The Morgan fingerprint density at radius 2 is 1.18 bits per heavy atom. The summed E-state index contributed by atoms with van der Waals surface area (Å²) in [7, 11) is 5.33. The molecular formula is C62H52BF6N16O4. The van der Waals surface area contributed by atoms with E-state index in [2.05, 4.69) is 60.7 Å². The van der Waals surface area contributed by atoms with E-state index in [9.17, 15) is 45.5 Å². The van der Waals surface area contributed by atoms with Gasteiger partial charge in [0.25, 0.3) is 5.56 Å². The van der Waals surface area contributed by atoms with E-state index in [0.29, 0.717) is 110 Å². The molecule has 0 spiro atoms. The molecule has 2 atom stereocenters. The number of aromatic nitrogens is 11. The third-order valence-corrected chi connectivity index (χ3v) is 14.6. The van der Waals surface area contributed by atoms with Gasteiger partial charge < -0.3 is 11.1 Å². The minimum absolute atomic E-state index is 0. The fourth-order valence-electron chi connectivity index (χ4n) is 10.4. The fraction of sp³-hybridized carbons (Fsp3) is 0.194. The van der Waals surface area contributed by atoms with E-state index in [1.54, 1.807) is 65.7 Å². The molecule has 3 aliphatic rings. The largest absolute Gasteiger partial charge is 0.326 e. The Labute approximate surface area is 505 Å². The van der Waals surface area contributed by atoms with Gasteiger partial charge in [0.1, 0.15) is 90.7 Å². The van der Waals surface area contributed by atoms with Crippen molar-refractivity contribution < 1.29 is 40.7 Å². The second-order valence-electron chi connectivity index (χ2n) is 20.3. The molecule has 13 rings (SSSR count). The number of aldehydes is 1. The number of nitrogens with two attached hydrogens (primary N) is 1. The molecule has 0 amide bonds. The predicted octanol–water partition coefficient (Wildman–Crippen LogP) is 7.15. The van der Waals surface area contributed by atoms with Crippen LogP contribution < -0.4 is 16.6 Å². The molecule has 0 saturated carbocycles. The van der Waals surface area contributed by atoms with Gasteiger partial charge in [-0.05, 0) is 113 Å². The number of nitrogens with zero attached hydrogens (tertiary/aromatic N) is 13. The number of nitrogens with one attached hydrogen (secondary N) is 2. The van der Waals surface area contributed by atoms with Gasteiger partial charge in [0.15, 0.2) is 11.6 Å². The van der Waals surface area contributed by atoms with Gasteiger partial charge in [-0.2, -0.15) is 20.4 Å². The van der Waals surface area contributed by atoms with Crippen LogP contribution in [0.1, 0.15) is 105 Å². The van der Waals surface area contributed by atoms with Gasteiger partial charge in [-0.1, -0.05) is 24.3 Å². The Bertz CT molecular complexity index is 4410. The van der Waals surface area contributed by atoms with Crippen LogP contribution in [0.4, 0.5) is 26.3 Å². The summed E-state index contributed by atoms with van der Waals surface area (Å²) in [6, 6.07) is 25.0. The smallest absolute Gasteiger partial charge is 0.272 e. The Hall–Kier alpha value is -10.5. The number of carbonyl (C=O) groups excluding carboxylic acids is 3. The van der Waals surface area contributed by atoms with Gasteiger partial charge in [0.2, 0.25) is 0 Å². The highest BCUT2D eigenvalue weighted by molar-refractivity contribution is 6.19. The standard InChI is InChI=1S/2C21H17F2N5O.C13H13FN6O.C7H5FO.B/c1-28-21(26-10-27-28)18-19(11-2-4-13(22)5-3-11)24-8-12-6-14(23)7-15-16(29)9-25-20(18)17(12)15;1-28-20(26-12-27-28)8-18-21-14(6-16(23)7-17(21)19(29)11-25-18)10-24-9-13-2-4-15(22)5-3-13;1-20-11(16-6-17-20)4-10-12-7(5-15)2-8(14)3-9(12)13(21)19-18-10;8-7-3-1-6(5-9)2-4-7;/h2-7,10,18-19,24H,8-9H2,1H3;2-7,9,12H,8,10-11H2,1H3;2-3,6H,4-5,15H2,1H3,(H,19,21);1-5H;. The summed E-state index contributed by atoms with van der Waals surface area (Å²) in [6.07, 6.45) is 7.35. The number of carbonyl (C=O) groups is 3. The van der Waals surface area contributed by atoms with Gasteiger partial charge in [-0.3, -0.25) is 48.2 Å². The van der Waals surface area contributed by atoms with E-state index in [4.69, 9.17) is 5.73 Å². The zero-order valence-electron chi connectivity index (χ0n) is 47.8. The molecule has 4 aromatic heterocycles. The average molecular weight is 1210 g/mol. The lowest BCUT2D eigenvalue weighted by Gasteiger charge is -2.28. The highest BCUT2D eigenvalue weighted by atomic mass is 19.1. The summed E-state index contributed by atoms with van der Waals surface area (Å²) in [5.41, 5.74) is 12.9. The molecule has 6 aromatic carbocycles. The van der Waals surface area contributed by atoms with Crippen molar-refractivity contribution in [3.63, 3.8) is 0 Å². The molecule has 20 nitrogen and oxygen atoms in total. The molecule has 89 heavy (non-hydrogen) atoms. The first-order valence-corrected chi connectivity index (χ1v) is 27.1. The van der Waals surface area contributed by atoms with Gasteiger partial charge in [0, 0.05) is 94.5 Å². The quantitative estimate of drug-likeness (QED) is 0.0504. The molecule has 2 unspecified atom stereocenters. The zero-order chi connectivity index (χ0) is 62.2. The summed E-state index contributed by atoms with van der Waals surface area (Å²) in [4.78, 5) is 72.8. The number of ketones is 2. The summed E-state index contributed by atoms with van der Waals surface area (Å²) in [6.45, 7) is 0.536. The predicted molar refractivity (Wildman–Crippen MR) is 318 cm³/mol. The number of halogens is 6. The monoisotopic (exact) mass is 1210 g/mol. The number of aliphatic imine (C=N–C) groups is 3. The minimum atomic E-state index is -0.496. The van der Waals surface area contributed by atoms with Crippen LogP contribution in [0.2, 0.25) is 0 Å². The van der Waals surface area contributed by atoms with Crippen molar-refractivity contribution in [1.29, 1.82) is 0 Å². The summed E-state index contributed by atoms with van der Waals surface area (Å²) < 4.78 is 85.5. The van der Waals surface area contributed by atoms with E-state index < -0.39 is 23.0 Å². The van der Waals surface area contributed by atoms with E-state index in [0.717, 1.165) is 11.1 Å². The number of fused-ring (bicyclic) bond motifs is 2. The lowest BCUT2D eigenvalue weighted by atomic mass is 9.82. The number of aromatic amines is 1. The maximum atomic E-state index is 14.2. The lowest BCUT2D eigenvalue weighted by molar-refractivity contribution is 0.0991. The van der Waals surface area contributed by atoms with Crippen LogP contribution in [0, 0.1) is 34.9 Å². The number of benzene rings is 6. The lowest BCUT2D eigenvalue weighted by Crippen LogP contribution is -2.32.